The highest BCUT2D eigenvalue weighted by Crippen LogP contribution is 2.50. The first-order valence-corrected chi connectivity index (χ1v) is 21.4. The summed E-state index contributed by atoms with van der Waals surface area (Å²) in [7, 11) is 1.17. The summed E-state index contributed by atoms with van der Waals surface area (Å²) in [5.74, 6) is -7.33. The van der Waals surface area contributed by atoms with Gasteiger partial charge in [0.2, 0.25) is 12.6 Å². The third-order valence-corrected chi connectivity index (χ3v) is 13.5. The first-order valence-electron chi connectivity index (χ1n) is 21.4. The van der Waals surface area contributed by atoms with Crippen molar-refractivity contribution in [2.24, 2.45) is 23.7 Å². The Hall–Kier alpha value is -4.79. The molecule has 0 bridgehead atoms. The minimum Gasteiger partial charge on any atom is -0.480 e. The van der Waals surface area contributed by atoms with E-state index in [0.717, 1.165) is 12.5 Å². The summed E-state index contributed by atoms with van der Waals surface area (Å²) in [4.78, 5) is 44.2. The number of esters is 2. The van der Waals surface area contributed by atoms with Crippen molar-refractivity contribution in [3.05, 3.63) is 84.5 Å². The Morgan fingerprint density at radius 1 is 0.818 bits per heavy atom. The minimum atomic E-state index is -1.78. The van der Waals surface area contributed by atoms with Crippen LogP contribution in [0.4, 0.5) is 0 Å². The average molecular weight is 931 g/mol. The number of aliphatic hydroxyl groups excluding tert-OH is 8. The number of methoxy groups -OCH3 is 1. The molecule has 0 saturated carbocycles. The van der Waals surface area contributed by atoms with Crippen LogP contribution in [0.2, 0.25) is 0 Å². The lowest BCUT2D eigenvalue weighted by molar-refractivity contribution is -0.339. The van der Waals surface area contributed by atoms with Gasteiger partial charge in [0.25, 0.3) is 0 Å². The number of para-hydroxylation sites is 1. The van der Waals surface area contributed by atoms with Gasteiger partial charge in [-0.15, -0.1) is 13.2 Å². The van der Waals surface area contributed by atoms with Crippen LogP contribution in [0.15, 0.2) is 73.2 Å². The SMILES string of the molecule is C=C[C@H]1[C@H](O[C@@H]2O[C@@H](CO)[C@H](O)[C@H](O)[C@@H]2O)OC=C2C(=O)O[C@@H]([C@H]3c4c([nH]c5ccccc45)[C@@H](C[C@H]4C(C(=O)OC)=CO[C@@H](O[C@@H]5O[C@@H](CO)[C@H](O)[C@@H](O)[C@@H]5O)[C@@H]4C=C)N[C@@H]3C(=O)O)C[C@@H]21. The Morgan fingerprint density at radius 2 is 1.41 bits per heavy atom. The number of cyclic esters (lactones) is 1. The molecule has 0 radical (unpaired) electrons. The summed E-state index contributed by atoms with van der Waals surface area (Å²) in [6.07, 6.45) is -14.7. The van der Waals surface area contributed by atoms with E-state index in [9.17, 15) is 60.3 Å². The summed E-state index contributed by atoms with van der Waals surface area (Å²) in [5, 5.41) is 97.3. The number of benzene rings is 1. The van der Waals surface area contributed by atoms with Crippen molar-refractivity contribution in [2.75, 3.05) is 20.3 Å². The number of hydrogen-bond donors (Lipinski definition) is 11. The molecule has 0 aliphatic carbocycles. The Balaban J connectivity index is 1.11. The third kappa shape index (κ3) is 8.44. The number of carbonyl (C=O) groups excluding carboxylic acids is 2. The molecule has 20 atom stereocenters. The number of nitrogens with one attached hydrogen (secondary N) is 2. The predicted octanol–water partition coefficient (Wildman–Crippen LogP) is -1.82. The van der Waals surface area contributed by atoms with Crippen LogP contribution >= 0.6 is 0 Å². The zero-order valence-corrected chi connectivity index (χ0v) is 35.4. The molecule has 0 unspecified atom stereocenters. The lowest BCUT2D eigenvalue weighted by atomic mass is 9.71. The van der Waals surface area contributed by atoms with Gasteiger partial charge in [-0.1, -0.05) is 30.4 Å². The number of aromatic nitrogens is 1. The number of hydrogen-bond acceptors (Lipinski definition) is 20. The zero-order chi connectivity index (χ0) is 47.3. The van der Waals surface area contributed by atoms with Crippen molar-refractivity contribution in [2.45, 2.75) is 111 Å². The second kappa shape index (κ2) is 19.4. The molecule has 3 fully saturated rings. The second-order valence-electron chi connectivity index (χ2n) is 17.1. The number of rotatable bonds is 13. The van der Waals surface area contributed by atoms with Gasteiger partial charge >= 0.3 is 17.9 Å². The highest BCUT2D eigenvalue weighted by Gasteiger charge is 2.55. The number of carboxylic acids is 1. The lowest BCUT2D eigenvalue weighted by Gasteiger charge is -2.47. The van der Waals surface area contributed by atoms with E-state index in [0.29, 0.717) is 22.2 Å². The van der Waals surface area contributed by atoms with Crippen molar-refractivity contribution < 1.29 is 98.2 Å². The number of carbonyl (C=O) groups is 3. The fourth-order valence-corrected chi connectivity index (χ4v) is 10.1. The van der Waals surface area contributed by atoms with Crippen LogP contribution in [0.25, 0.3) is 10.9 Å². The molecule has 3 saturated heterocycles. The largest absolute Gasteiger partial charge is 0.480 e. The van der Waals surface area contributed by atoms with E-state index in [1.54, 1.807) is 24.3 Å². The molecule has 7 heterocycles. The zero-order valence-electron chi connectivity index (χ0n) is 35.4. The van der Waals surface area contributed by atoms with E-state index in [-0.39, 0.29) is 24.0 Å². The standard InChI is InChI=1S/C44H54N2O20/c1-4-16-19(21(39(57)59-3)14-60-41(16)65-43-36(53)34(51)32(49)26(12-47)63-43)10-24-30-28(18-8-6-7-9-23(18)45-30)29(31(46-24)38(55)56)25-11-20-17(5-2)42(61-15-22(20)40(58)62-25)66-44-37(54)35(52)33(50)27(13-48)64-44/h4-9,14-17,19-20,24-27,29,31-37,41-54H,1-2,10-13H2,3H3,(H,55,56)/t16-,17-,19-,20-,24-,25-,26+,27+,29+,31+,32+,33+,34-,35+,36+,37+,41+,42+,43+,44+/m1/s1. The summed E-state index contributed by atoms with van der Waals surface area (Å²) >= 11 is 0. The van der Waals surface area contributed by atoms with Crippen LogP contribution in [0.5, 0.6) is 0 Å². The Kier molecular flexibility index (Phi) is 14.0. The number of aliphatic carboxylic acids is 1. The normalized spacial score (nSPS) is 41.1. The Bertz CT molecular complexity index is 2210. The van der Waals surface area contributed by atoms with Gasteiger partial charge in [0.15, 0.2) is 12.6 Å². The maximum absolute atomic E-state index is 13.9. The van der Waals surface area contributed by atoms with Gasteiger partial charge < -0.3 is 88.8 Å². The number of aromatic amines is 1. The molecule has 66 heavy (non-hydrogen) atoms. The minimum absolute atomic E-state index is 0.0244. The number of fused-ring (bicyclic) bond motifs is 4. The maximum Gasteiger partial charge on any atom is 0.337 e. The summed E-state index contributed by atoms with van der Waals surface area (Å²) in [6.45, 7) is 6.46. The highest BCUT2D eigenvalue weighted by atomic mass is 16.8. The Morgan fingerprint density at radius 3 is 1.98 bits per heavy atom. The predicted molar refractivity (Wildman–Crippen MR) is 219 cm³/mol. The molecule has 1 aromatic heterocycles. The highest BCUT2D eigenvalue weighted by molar-refractivity contribution is 5.92. The molecule has 0 spiro atoms. The van der Waals surface area contributed by atoms with E-state index < -0.39 is 153 Å². The van der Waals surface area contributed by atoms with Crippen LogP contribution in [0, 0.1) is 23.7 Å². The van der Waals surface area contributed by atoms with E-state index >= 15 is 0 Å². The second-order valence-corrected chi connectivity index (χ2v) is 17.1. The first-order chi connectivity index (χ1) is 31.6. The van der Waals surface area contributed by atoms with Crippen LogP contribution in [0.3, 0.4) is 0 Å². The van der Waals surface area contributed by atoms with Crippen LogP contribution in [-0.2, 0) is 52.3 Å². The molecule has 1 aromatic carbocycles. The summed E-state index contributed by atoms with van der Waals surface area (Å²) in [5.41, 5.74) is 1.78. The van der Waals surface area contributed by atoms with Gasteiger partial charge in [0.1, 0.15) is 61.0 Å². The Labute approximate surface area is 376 Å². The average Bonchev–Trinajstić information content (AvgIpc) is 3.71. The molecule has 8 rings (SSSR count). The van der Waals surface area contributed by atoms with E-state index in [2.05, 4.69) is 23.5 Å². The van der Waals surface area contributed by atoms with E-state index in [1.807, 2.05) is 0 Å². The smallest absolute Gasteiger partial charge is 0.337 e. The maximum atomic E-state index is 13.9. The number of H-pyrrole nitrogens is 1. The van der Waals surface area contributed by atoms with Crippen LogP contribution < -0.4 is 5.32 Å². The monoisotopic (exact) mass is 930 g/mol. The van der Waals surface area contributed by atoms with E-state index in [1.165, 1.54) is 19.3 Å². The molecule has 360 valence electrons. The fraction of sp³-hybridized carbons (Fsp3) is 0.568. The van der Waals surface area contributed by atoms with Gasteiger partial charge in [-0.05, 0) is 24.5 Å². The first kappa shape index (κ1) is 47.7. The van der Waals surface area contributed by atoms with Crippen LogP contribution in [-0.4, -0.2) is 175 Å². The quantitative estimate of drug-likeness (QED) is 0.0778. The van der Waals surface area contributed by atoms with Crippen molar-refractivity contribution in [3.8, 4) is 0 Å². The van der Waals surface area contributed by atoms with Gasteiger partial charge in [0, 0.05) is 52.2 Å². The molecule has 11 N–H and O–H groups in total. The van der Waals surface area contributed by atoms with Crippen molar-refractivity contribution in [3.63, 3.8) is 0 Å². The van der Waals surface area contributed by atoms with Crippen LogP contribution in [0.1, 0.15) is 36.1 Å². The number of carboxylic acid groups (broad SMARTS) is 1. The van der Waals surface area contributed by atoms with E-state index in [4.69, 9.17) is 37.9 Å². The van der Waals surface area contributed by atoms with Crippen molar-refractivity contribution in [1.29, 1.82) is 0 Å². The third-order valence-electron chi connectivity index (χ3n) is 13.5. The fourth-order valence-electron chi connectivity index (χ4n) is 10.1. The van der Waals surface area contributed by atoms with Crippen molar-refractivity contribution in [1.82, 2.24) is 10.3 Å². The molecular weight excluding hydrogens is 876 g/mol. The van der Waals surface area contributed by atoms with Gasteiger partial charge in [0.05, 0.1) is 44.0 Å². The number of aliphatic hydroxyl groups is 8. The summed E-state index contributed by atoms with van der Waals surface area (Å²) < 4.78 is 45.9. The van der Waals surface area contributed by atoms with Gasteiger partial charge in [-0.2, -0.15) is 0 Å². The van der Waals surface area contributed by atoms with Crippen molar-refractivity contribution >= 4 is 28.8 Å². The van der Waals surface area contributed by atoms with Gasteiger partial charge in [-0.25, -0.2) is 9.59 Å². The molecule has 6 aliphatic heterocycles. The van der Waals surface area contributed by atoms with Gasteiger partial charge in [-0.3, -0.25) is 10.1 Å². The molecule has 22 heteroatoms. The summed E-state index contributed by atoms with van der Waals surface area (Å²) in [6, 6.07) is 4.85. The molecule has 2 aromatic rings. The topological polar surface area (TPSA) is 335 Å². The number of ether oxygens (including phenoxy) is 8. The lowest BCUT2D eigenvalue weighted by Crippen LogP contribution is -2.60. The molecule has 22 nitrogen and oxygen atoms in total. The molecule has 6 aliphatic rings. The molecule has 0 amide bonds. The molecular formula is C44H54N2O20.